The molecule has 0 saturated carbocycles. The fourth-order valence-corrected chi connectivity index (χ4v) is 4.17. The van der Waals surface area contributed by atoms with Crippen LogP contribution in [0.4, 0.5) is 0 Å². The maximum absolute atomic E-state index is 12.3. The second kappa shape index (κ2) is 5.57. The van der Waals surface area contributed by atoms with Gasteiger partial charge in [-0.15, -0.1) is 11.3 Å². The van der Waals surface area contributed by atoms with Crippen LogP contribution < -0.4 is 9.46 Å². The van der Waals surface area contributed by atoms with E-state index < -0.39 is 10.0 Å². The van der Waals surface area contributed by atoms with Crippen molar-refractivity contribution in [2.75, 3.05) is 0 Å². The van der Waals surface area contributed by atoms with Gasteiger partial charge in [-0.25, -0.2) is 18.1 Å². The van der Waals surface area contributed by atoms with Gasteiger partial charge in [0.15, 0.2) is 0 Å². The molecule has 5 nitrogen and oxygen atoms in total. The average Bonchev–Trinajstić information content (AvgIpc) is 3.05. The average molecular weight is 345 g/mol. The molecule has 0 saturated heterocycles. The van der Waals surface area contributed by atoms with Crippen molar-refractivity contribution in [3.05, 3.63) is 39.3 Å². The highest BCUT2D eigenvalue weighted by Crippen LogP contribution is 2.37. The van der Waals surface area contributed by atoms with Crippen molar-refractivity contribution in [3.8, 4) is 5.75 Å². The summed E-state index contributed by atoms with van der Waals surface area (Å²) in [5.74, 6) is 0.586. The van der Waals surface area contributed by atoms with Crippen molar-refractivity contribution in [2.24, 2.45) is 0 Å². The quantitative estimate of drug-likeness (QED) is 0.925. The predicted molar refractivity (Wildman–Crippen MR) is 81.4 cm³/mol. The third kappa shape index (κ3) is 3.06. The van der Waals surface area contributed by atoms with Crippen molar-refractivity contribution in [1.29, 1.82) is 0 Å². The molecule has 1 aromatic heterocycles. The Labute approximate surface area is 132 Å². The third-order valence-electron chi connectivity index (χ3n) is 3.16. The van der Waals surface area contributed by atoms with Gasteiger partial charge in [0.2, 0.25) is 10.0 Å². The number of hydrogen-bond acceptors (Lipinski definition) is 5. The fourth-order valence-electron chi connectivity index (χ4n) is 2.19. The van der Waals surface area contributed by atoms with Crippen LogP contribution in [0.25, 0.3) is 0 Å². The minimum atomic E-state index is -3.62. The second-order valence-electron chi connectivity index (χ2n) is 4.83. The van der Waals surface area contributed by atoms with Gasteiger partial charge < -0.3 is 4.74 Å². The van der Waals surface area contributed by atoms with Crippen LogP contribution in [0.3, 0.4) is 0 Å². The van der Waals surface area contributed by atoms with E-state index in [1.165, 1.54) is 17.4 Å². The summed E-state index contributed by atoms with van der Waals surface area (Å²) in [7, 11) is -3.62. The molecule has 1 aliphatic heterocycles. The first kappa shape index (κ1) is 14.8. The molecule has 0 amide bonds. The monoisotopic (exact) mass is 344 g/mol. The zero-order valence-corrected chi connectivity index (χ0v) is 13.6. The van der Waals surface area contributed by atoms with E-state index >= 15 is 0 Å². The standard InChI is InChI=1S/C13H13ClN2O3S2/c1-8-2-9-3-11(4-12(14)13(9)19-8)21(17,18)16-5-10-6-20-7-15-10/h3-4,6-8,16H,2,5H2,1H3. The molecular formula is C13H13ClN2O3S2. The zero-order valence-electron chi connectivity index (χ0n) is 11.2. The van der Waals surface area contributed by atoms with Crippen molar-refractivity contribution in [1.82, 2.24) is 9.71 Å². The number of halogens is 1. The Morgan fingerprint density at radius 3 is 3.05 bits per heavy atom. The summed E-state index contributed by atoms with van der Waals surface area (Å²) >= 11 is 7.54. The topological polar surface area (TPSA) is 68.3 Å². The van der Waals surface area contributed by atoms with Gasteiger partial charge in [0.05, 0.1) is 27.7 Å². The molecule has 1 atom stereocenters. The number of hydrogen-bond donors (Lipinski definition) is 1. The molecule has 1 unspecified atom stereocenters. The normalized spacial score (nSPS) is 17.5. The van der Waals surface area contributed by atoms with Crippen LogP contribution in [0.5, 0.6) is 5.75 Å². The lowest BCUT2D eigenvalue weighted by atomic mass is 10.1. The summed E-state index contributed by atoms with van der Waals surface area (Å²) in [6.07, 6.45) is 0.670. The number of nitrogens with one attached hydrogen (secondary N) is 1. The van der Waals surface area contributed by atoms with E-state index in [9.17, 15) is 8.42 Å². The van der Waals surface area contributed by atoms with Gasteiger partial charge in [-0.2, -0.15) is 0 Å². The molecule has 3 rings (SSSR count). The van der Waals surface area contributed by atoms with Crippen LogP contribution in [0, 0.1) is 0 Å². The first-order chi connectivity index (χ1) is 9.95. The molecule has 0 radical (unpaired) electrons. The number of thiazole rings is 1. The van der Waals surface area contributed by atoms with Crippen molar-refractivity contribution in [2.45, 2.75) is 30.9 Å². The van der Waals surface area contributed by atoms with Crippen molar-refractivity contribution in [3.63, 3.8) is 0 Å². The van der Waals surface area contributed by atoms with Crippen LogP contribution >= 0.6 is 22.9 Å². The minimum absolute atomic E-state index is 0.0124. The summed E-state index contributed by atoms with van der Waals surface area (Å²) in [5.41, 5.74) is 3.17. The van der Waals surface area contributed by atoms with Crippen LogP contribution in [0.1, 0.15) is 18.2 Å². The molecule has 1 aliphatic rings. The Kier molecular flexibility index (Phi) is 3.92. The number of sulfonamides is 1. The summed E-state index contributed by atoms with van der Waals surface area (Å²) in [6, 6.07) is 3.04. The lowest BCUT2D eigenvalue weighted by molar-refractivity contribution is 0.255. The van der Waals surface area contributed by atoms with E-state index in [1.807, 2.05) is 6.92 Å². The van der Waals surface area contributed by atoms with E-state index in [0.717, 1.165) is 5.56 Å². The highest BCUT2D eigenvalue weighted by molar-refractivity contribution is 7.89. The van der Waals surface area contributed by atoms with Crippen LogP contribution in [-0.4, -0.2) is 19.5 Å². The summed E-state index contributed by atoms with van der Waals surface area (Å²) in [6.45, 7) is 2.08. The van der Waals surface area contributed by atoms with E-state index in [-0.39, 0.29) is 17.5 Å². The lowest BCUT2D eigenvalue weighted by Gasteiger charge is -2.09. The van der Waals surface area contributed by atoms with Crippen LogP contribution in [0.15, 0.2) is 27.9 Å². The number of rotatable bonds is 4. The maximum Gasteiger partial charge on any atom is 0.240 e. The van der Waals surface area contributed by atoms with E-state index in [0.29, 0.717) is 22.9 Å². The molecule has 8 heteroatoms. The minimum Gasteiger partial charge on any atom is -0.489 e. The smallest absolute Gasteiger partial charge is 0.240 e. The Bertz CT molecular complexity index is 760. The Morgan fingerprint density at radius 1 is 1.52 bits per heavy atom. The Hall–Kier alpha value is -1.15. The Morgan fingerprint density at radius 2 is 2.33 bits per heavy atom. The number of benzene rings is 1. The molecule has 21 heavy (non-hydrogen) atoms. The number of nitrogens with zero attached hydrogens (tertiary/aromatic N) is 1. The van der Waals surface area contributed by atoms with E-state index in [2.05, 4.69) is 9.71 Å². The van der Waals surface area contributed by atoms with Crippen molar-refractivity contribution < 1.29 is 13.2 Å². The van der Waals surface area contributed by atoms with Gasteiger partial charge in [0, 0.05) is 17.4 Å². The zero-order chi connectivity index (χ0) is 15.0. The number of aromatic nitrogens is 1. The Balaban J connectivity index is 1.86. The molecular weight excluding hydrogens is 332 g/mol. The van der Waals surface area contributed by atoms with Gasteiger partial charge in [0.1, 0.15) is 11.9 Å². The molecule has 0 fully saturated rings. The fraction of sp³-hybridized carbons (Fsp3) is 0.308. The molecule has 0 spiro atoms. The molecule has 1 aromatic carbocycles. The molecule has 2 heterocycles. The highest BCUT2D eigenvalue weighted by atomic mass is 35.5. The number of fused-ring (bicyclic) bond motifs is 1. The lowest BCUT2D eigenvalue weighted by Crippen LogP contribution is -2.23. The first-order valence-electron chi connectivity index (χ1n) is 6.31. The van der Waals surface area contributed by atoms with Gasteiger partial charge >= 0.3 is 0 Å². The maximum atomic E-state index is 12.3. The summed E-state index contributed by atoms with van der Waals surface area (Å²) in [4.78, 5) is 4.20. The van der Waals surface area contributed by atoms with Gasteiger partial charge in [0.25, 0.3) is 0 Å². The van der Waals surface area contributed by atoms with E-state index in [1.54, 1.807) is 17.0 Å². The molecule has 1 N–H and O–H groups in total. The van der Waals surface area contributed by atoms with Crippen molar-refractivity contribution >= 4 is 33.0 Å². The van der Waals surface area contributed by atoms with Gasteiger partial charge in [-0.3, -0.25) is 0 Å². The van der Waals surface area contributed by atoms with Gasteiger partial charge in [-0.05, 0) is 19.1 Å². The predicted octanol–water partition coefficient (Wildman–Crippen LogP) is 2.60. The second-order valence-corrected chi connectivity index (χ2v) is 7.72. The third-order valence-corrected chi connectivity index (χ3v) is 5.45. The summed E-state index contributed by atoms with van der Waals surface area (Å²) < 4.78 is 32.7. The SMILES string of the molecule is CC1Cc2cc(S(=O)(=O)NCc3cscn3)cc(Cl)c2O1. The molecule has 0 bridgehead atoms. The first-order valence-corrected chi connectivity index (χ1v) is 9.12. The molecule has 2 aromatic rings. The number of ether oxygens (including phenoxy) is 1. The molecule has 0 aliphatic carbocycles. The molecule has 112 valence electrons. The highest BCUT2D eigenvalue weighted by Gasteiger charge is 2.25. The van der Waals surface area contributed by atoms with Crippen LogP contribution in [0.2, 0.25) is 5.02 Å². The van der Waals surface area contributed by atoms with Crippen LogP contribution in [-0.2, 0) is 23.0 Å². The largest absolute Gasteiger partial charge is 0.489 e. The van der Waals surface area contributed by atoms with E-state index in [4.69, 9.17) is 16.3 Å². The summed E-state index contributed by atoms with van der Waals surface area (Å²) in [5, 5.41) is 2.12. The van der Waals surface area contributed by atoms with Gasteiger partial charge in [-0.1, -0.05) is 11.6 Å².